The van der Waals surface area contributed by atoms with Crippen molar-refractivity contribution in [3.8, 4) is 0 Å². The first-order chi connectivity index (χ1) is 10.3. The summed E-state index contributed by atoms with van der Waals surface area (Å²) < 4.78 is 35.6. The van der Waals surface area contributed by atoms with E-state index in [9.17, 15) is 17.4 Å². The van der Waals surface area contributed by atoms with Crippen molar-refractivity contribution < 1.29 is 17.4 Å². The van der Waals surface area contributed by atoms with Crippen LogP contribution in [-0.4, -0.2) is 22.6 Å². The first-order valence-corrected chi connectivity index (χ1v) is 9.74. The van der Waals surface area contributed by atoms with Crippen LogP contribution >= 0.6 is 11.6 Å². The summed E-state index contributed by atoms with van der Waals surface area (Å²) in [5.41, 5.74) is 0.713. The second-order valence-electron chi connectivity index (χ2n) is 5.29. The van der Waals surface area contributed by atoms with E-state index in [-0.39, 0.29) is 21.7 Å². The molecule has 1 atom stereocenters. The zero-order valence-electron chi connectivity index (χ0n) is 12.5. The summed E-state index contributed by atoms with van der Waals surface area (Å²) in [5.74, 6) is 0.311. The van der Waals surface area contributed by atoms with Crippen molar-refractivity contribution in [2.45, 2.75) is 44.4 Å². The van der Waals surface area contributed by atoms with E-state index in [0.717, 1.165) is 19.3 Å². The van der Waals surface area contributed by atoms with E-state index in [1.54, 1.807) is 6.07 Å². The smallest absolute Gasteiger partial charge is 0.252 e. The molecule has 0 aliphatic heterocycles. The number of carbonyl (C=O) groups excluding carboxylic acids is 1. The van der Waals surface area contributed by atoms with Crippen LogP contribution in [0, 0.1) is 5.92 Å². The Morgan fingerprint density at radius 3 is 2.64 bits per heavy atom. The molecule has 0 fully saturated rings. The Labute approximate surface area is 139 Å². The number of hydrogen-bond acceptors (Lipinski definition) is 4. The lowest BCUT2D eigenvalue weighted by atomic mass is 9.95. The zero-order chi connectivity index (χ0) is 16.8. The van der Waals surface area contributed by atoms with Crippen LogP contribution in [0.5, 0.6) is 0 Å². The average molecular weight is 363 g/mol. The van der Waals surface area contributed by atoms with Crippen molar-refractivity contribution in [3.63, 3.8) is 0 Å². The van der Waals surface area contributed by atoms with E-state index >= 15 is 0 Å². The Bertz CT molecular complexity index is 691. The van der Waals surface area contributed by atoms with Gasteiger partial charge in [-0.1, -0.05) is 39.2 Å². The summed E-state index contributed by atoms with van der Waals surface area (Å²) in [6.07, 6.45) is 3.72. The molecule has 0 aromatic heterocycles. The zero-order valence-corrected chi connectivity index (χ0v) is 14.9. The average Bonchev–Trinajstić information content (AvgIpc) is 2.45. The highest BCUT2D eigenvalue weighted by molar-refractivity contribution is 8.12. The highest BCUT2D eigenvalue weighted by atomic mass is 35.5. The molecular weight excluding hydrogens is 344 g/mol. The van der Waals surface area contributed by atoms with Gasteiger partial charge >= 0.3 is 0 Å². The Kier molecular flexibility index (Phi) is 7.45. The van der Waals surface area contributed by atoms with E-state index in [1.807, 2.05) is 0 Å². The van der Waals surface area contributed by atoms with Crippen LogP contribution in [0.1, 0.15) is 49.0 Å². The summed E-state index contributed by atoms with van der Waals surface area (Å²) in [4.78, 5) is 11.2. The molecule has 1 unspecified atom stereocenters. The van der Waals surface area contributed by atoms with E-state index in [2.05, 4.69) is 13.8 Å². The summed E-state index contributed by atoms with van der Waals surface area (Å²) in [5, 5.41) is -0.725. The number of sulfone groups is 1. The van der Waals surface area contributed by atoms with Gasteiger partial charge in [0.05, 0.1) is 4.90 Å². The molecule has 0 spiro atoms. The van der Waals surface area contributed by atoms with E-state index < -0.39 is 15.1 Å². The highest BCUT2D eigenvalue weighted by Gasteiger charge is 2.20. The van der Waals surface area contributed by atoms with Crippen molar-refractivity contribution in [2.24, 2.45) is 5.92 Å². The molecule has 0 saturated heterocycles. The minimum atomic E-state index is -3.85. The predicted molar refractivity (Wildman–Crippen MR) is 90.4 cm³/mol. The minimum Gasteiger partial charge on any atom is -0.276 e. The molecule has 0 radical (unpaired) electrons. The molecule has 7 heteroatoms. The molecule has 1 rings (SSSR count). The fraction of sp³-hybridized carbons (Fsp3) is 0.467. The minimum absolute atomic E-state index is 0.00861. The van der Waals surface area contributed by atoms with E-state index in [1.165, 1.54) is 12.1 Å². The summed E-state index contributed by atoms with van der Waals surface area (Å²) in [6, 6.07) is 4.37. The Morgan fingerprint density at radius 1 is 1.41 bits per heavy atom. The number of halogens is 1. The van der Waals surface area contributed by atoms with Gasteiger partial charge in [0.2, 0.25) is 9.84 Å². The molecule has 0 bridgehead atoms. The number of unbranched alkanes of at least 4 members (excludes halogenated alkanes) is 1. The molecule has 1 aromatic carbocycles. The van der Waals surface area contributed by atoms with Crippen LogP contribution in [0.3, 0.4) is 0 Å². The molecule has 0 aliphatic carbocycles. The van der Waals surface area contributed by atoms with Crippen LogP contribution in [0.2, 0.25) is 0 Å². The van der Waals surface area contributed by atoms with Crippen molar-refractivity contribution >= 4 is 42.6 Å². The monoisotopic (exact) mass is 362 g/mol. The van der Waals surface area contributed by atoms with Crippen LogP contribution in [-0.2, 0) is 27.5 Å². The molecule has 0 saturated carbocycles. The maximum atomic E-state index is 12.2. The maximum absolute atomic E-state index is 12.2. The van der Waals surface area contributed by atoms with Gasteiger partial charge in [-0.15, -0.1) is 0 Å². The normalized spacial score (nSPS) is 12.7. The van der Waals surface area contributed by atoms with Crippen molar-refractivity contribution in [1.29, 1.82) is 0 Å². The van der Waals surface area contributed by atoms with E-state index in [4.69, 9.17) is 11.6 Å². The molecule has 122 valence electrons. The quantitative estimate of drug-likeness (QED) is 0.526. The third-order valence-corrected chi connectivity index (χ3v) is 5.92. The van der Waals surface area contributed by atoms with Gasteiger partial charge in [0.1, 0.15) is 16.0 Å². The first kappa shape index (κ1) is 19.1. The SMILES string of the molecule is CCCCC(C)Cc1ccc(C(=O)Cl)cc1S(=O)(=O)C=S=O. The van der Waals surface area contributed by atoms with Gasteiger partial charge in [0.15, 0.2) is 0 Å². The molecule has 0 N–H and O–H groups in total. The third-order valence-electron chi connectivity index (χ3n) is 3.39. The van der Waals surface area contributed by atoms with Crippen LogP contribution in [0.25, 0.3) is 0 Å². The van der Waals surface area contributed by atoms with Crippen LogP contribution in [0.15, 0.2) is 23.1 Å². The molecule has 22 heavy (non-hydrogen) atoms. The number of hydrogen-bond donors (Lipinski definition) is 0. The van der Waals surface area contributed by atoms with Crippen molar-refractivity contribution in [1.82, 2.24) is 0 Å². The van der Waals surface area contributed by atoms with Crippen LogP contribution in [0.4, 0.5) is 0 Å². The molecule has 0 amide bonds. The van der Waals surface area contributed by atoms with Gasteiger partial charge in [-0.3, -0.25) is 4.79 Å². The van der Waals surface area contributed by atoms with Gasteiger partial charge in [-0.25, -0.2) is 12.6 Å². The number of carbonyl (C=O) groups is 1. The fourth-order valence-corrected chi connectivity index (χ4v) is 4.00. The number of rotatable bonds is 8. The third kappa shape index (κ3) is 5.34. The van der Waals surface area contributed by atoms with Gasteiger partial charge < -0.3 is 0 Å². The standard InChI is InChI=1S/C15H19ClO4S2/c1-3-4-5-11(2)8-12-6-7-13(15(16)17)9-14(12)22(19,20)10-21-18/h6-7,9-11H,3-5,8H2,1-2H3. The Balaban J connectivity index is 3.27. The van der Waals surface area contributed by atoms with Crippen molar-refractivity contribution in [3.05, 3.63) is 29.3 Å². The molecular formula is C15H19ClO4S2. The first-order valence-electron chi connectivity index (χ1n) is 7.01. The van der Waals surface area contributed by atoms with Gasteiger partial charge in [-0.05, 0) is 41.6 Å². The van der Waals surface area contributed by atoms with E-state index in [0.29, 0.717) is 22.6 Å². The second kappa shape index (κ2) is 8.60. The maximum Gasteiger partial charge on any atom is 0.252 e. The topological polar surface area (TPSA) is 68.3 Å². The summed E-state index contributed by atoms with van der Waals surface area (Å²) in [6.45, 7) is 4.16. The second-order valence-corrected chi connectivity index (χ2v) is 8.12. The highest BCUT2D eigenvalue weighted by Crippen LogP contribution is 2.24. The summed E-state index contributed by atoms with van der Waals surface area (Å²) >= 11 is 5.30. The fourth-order valence-electron chi connectivity index (χ4n) is 2.24. The molecule has 1 aromatic rings. The lowest BCUT2D eigenvalue weighted by Gasteiger charge is -2.14. The lowest BCUT2D eigenvalue weighted by molar-refractivity contribution is 0.108. The van der Waals surface area contributed by atoms with Gasteiger partial charge in [-0.2, -0.15) is 0 Å². The van der Waals surface area contributed by atoms with Gasteiger partial charge in [0.25, 0.3) is 5.24 Å². The molecule has 4 nitrogen and oxygen atoms in total. The summed E-state index contributed by atoms with van der Waals surface area (Å²) in [7, 11) is -3.85. The Hall–Kier alpha value is -0.980. The Morgan fingerprint density at radius 2 is 2.09 bits per heavy atom. The predicted octanol–water partition coefficient (Wildman–Crippen LogP) is 3.18. The van der Waals surface area contributed by atoms with Crippen molar-refractivity contribution in [2.75, 3.05) is 0 Å². The molecule has 0 aliphatic rings. The molecule has 0 heterocycles. The lowest BCUT2D eigenvalue weighted by Crippen LogP contribution is -2.10. The largest absolute Gasteiger partial charge is 0.276 e. The number of benzene rings is 1. The van der Waals surface area contributed by atoms with Gasteiger partial charge in [0, 0.05) is 5.56 Å². The van der Waals surface area contributed by atoms with Crippen LogP contribution < -0.4 is 0 Å².